The van der Waals surface area contributed by atoms with Crippen molar-refractivity contribution < 1.29 is 19.1 Å². The quantitative estimate of drug-likeness (QED) is 0.811. The summed E-state index contributed by atoms with van der Waals surface area (Å²) in [5.41, 5.74) is 6.66. The maximum atomic E-state index is 12.6. The van der Waals surface area contributed by atoms with Crippen molar-refractivity contribution in [2.75, 3.05) is 24.7 Å². The van der Waals surface area contributed by atoms with Gasteiger partial charge >= 0.3 is 0 Å². The van der Waals surface area contributed by atoms with Crippen LogP contribution in [0.5, 0.6) is 11.5 Å². The number of nitrogens with zero attached hydrogens (tertiary/aromatic N) is 1. The lowest BCUT2D eigenvalue weighted by atomic mass is 9.91. The van der Waals surface area contributed by atoms with E-state index in [4.69, 9.17) is 15.2 Å². The molecular formula is C19H26ClN3O4. The molecule has 1 saturated carbocycles. The molecule has 148 valence electrons. The van der Waals surface area contributed by atoms with Crippen LogP contribution in [0.2, 0.25) is 0 Å². The molecule has 2 amide bonds. The minimum absolute atomic E-state index is 0. The number of carbonyl (C=O) groups is 2. The molecule has 1 saturated heterocycles. The Balaban J connectivity index is 0.00000210. The Kier molecular flexibility index (Phi) is 6.11. The van der Waals surface area contributed by atoms with Gasteiger partial charge in [-0.25, -0.2) is 0 Å². The standard InChI is InChI=1S/C19H25N3O4.ClH/c20-13-1-3-14(4-2-13)21-19(24)12-9-18(23)22(11-12)15-5-6-16-17(10-15)26-8-7-25-16;/h5-6,10,12-14H,1-4,7-9,11,20H2,(H,21,24);1H. The van der Waals surface area contributed by atoms with Crippen molar-refractivity contribution in [2.24, 2.45) is 11.7 Å². The Bertz CT molecular complexity index is 706. The molecule has 4 rings (SSSR count). The number of nitrogens with two attached hydrogens (primary N) is 1. The highest BCUT2D eigenvalue weighted by atomic mass is 35.5. The SMILES string of the molecule is Cl.NC1CCC(NC(=O)C2CC(=O)N(c3ccc4c(c3)OCCO4)C2)CC1. The number of carbonyl (C=O) groups excluding carboxylic acids is 2. The number of nitrogens with one attached hydrogen (secondary N) is 1. The third kappa shape index (κ3) is 4.30. The number of benzene rings is 1. The molecule has 2 fully saturated rings. The van der Waals surface area contributed by atoms with Gasteiger partial charge in [0.05, 0.1) is 5.92 Å². The fourth-order valence-corrected chi connectivity index (χ4v) is 3.92. The zero-order valence-electron chi connectivity index (χ0n) is 15.2. The van der Waals surface area contributed by atoms with Crippen LogP contribution in [0.25, 0.3) is 0 Å². The number of fused-ring (bicyclic) bond motifs is 1. The maximum absolute atomic E-state index is 12.6. The van der Waals surface area contributed by atoms with Crippen LogP contribution in [0.15, 0.2) is 18.2 Å². The summed E-state index contributed by atoms with van der Waals surface area (Å²) in [7, 11) is 0. The summed E-state index contributed by atoms with van der Waals surface area (Å²) in [4.78, 5) is 26.7. The second kappa shape index (κ2) is 8.35. The van der Waals surface area contributed by atoms with Gasteiger partial charge in [0.1, 0.15) is 13.2 Å². The van der Waals surface area contributed by atoms with E-state index in [9.17, 15) is 9.59 Å². The van der Waals surface area contributed by atoms with Crippen molar-refractivity contribution in [3.8, 4) is 11.5 Å². The van der Waals surface area contributed by atoms with Crippen LogP contribution < -0.4 is 25.4 Å². The van der Waals surface area contributed by atoms with Gasteiger partial charge in [-0.05, 0) is 37.8 Å². The molecule has 8 heteroatoms. The summed E-state index contributed by atoms with van der Waals surface area (Å²) in [6.45, 7) is 1.43. The molecule has 2 heterocycles. The molecule has 3 N–H and O–H groups in total. The van der Waals surface area contributed by atoms with Gasteiger partial charge < -0.3 is 25.4 Å². The van der Waals surface area contributed by atoms with Gasteiger partial charge in [-0.15, -0.1) is 12.4 Å². The predicted molar refractivity (Wildman–Crippen MR) is 104 cm³/mol. The second-order valence-corrected chi connectivity index (χ2v) is 7.35. The Morgan fingerprint density at radius 2 is 1.81 bits per heavy atom. The molecule has 0 radical (unpaired) electrons. The first-order chi connectivity index (χ1) is 12.6. The van der Waals surface area contributed by atoms with Crippen LogP contribution in [0.1, 0.15) is 32.1 Å². The lowest BCUT2D eigenvalue weighted by molar-refractivity contribution is -0.127. The van der Waals surface area contributed by atoms with E-state index in [1.54, 1.807) is 4.90 Å². The summed E-state index contributed by atoms with van der Waals surface area (Å²) >= 11 is 0. The minimum atomic E-state index is -0.314. The summed E-state index contributed by atoms with van der Waals surface area (Å²) < 4.78 is 11.1. The van der Waals surface area contributed by atoms with Crippen LogP contribution in [0, 0.1) is 5.92 Å². The van der Waals surface area contributed by atoms with Gasteiger partial charge in [0.2, 0.25) is 11.8 Å². The Labute approximate surface area is 165 Å². The molecule has 1 aromatic rings. The normalized spacial score (nSPS) is 27.1. The topological polar surface area (TPSA) is 93.9 Å². The third-order valence-electron chi connectivity index (χ3n) is 5.45. The first-order valence-electron chi connectivity index (χ1n) is 9.36. The van der Waals surface area contributed by atoms with Gasteiger partial charge in [-0.1, -0.05) is 0 Å². The monoisotopic (exact) mass is 395 g/mol. The van der Waals surface area contributed by atoms with Gasteiger partial charge in [-0.2, -0.15) is 0 Å². The summed E-state index contributed by atoms with van der Waals surface area (Å²) in [6, 6.07) is 5.90. The van der Waals surface area contributed by atoms with Crippen LogP contribution >= 0.6 is 12.4 Å². The molecule has 27 heavy (non-hydrogen) atoms. The van der Waals surface area contributed by atoms with Crippen LogP contribution in [-0.4, -0.2) is 43.7 Å². The number of ether oxygens (including phenoxy) is 2. The highest BCUT2D eigenvalue weighted by Crippen LogP contribution is 2.36. The largest absolute Gasteiger partial charge is 0.486 e. The van der Waals surface area contributed by atoms with Crippen molar-refractivity contribution in [1.82, 2.24) is 5.32 Å². The predicted octanol–water partition coefficient (Wildman–Crippen LogP) is 1.62. The number of hydrogen-bond donors (Lipinski definition) is 2. The number of anilines is 1. The Morgan fingerprint density at radius 3 is 2.56 bits per heavy atom. The molecule has 0 spiro atoms. The molecule has 1 unspecified atom stereocenters. The fourth-order valence-electron chi connectivity index (χ4n) is 3.92. The molecule has 1 atom stereocenters. The van der Waals surface area contributed by atoms with Crippen LogP contribution in [0.3, 0.4) is 0 Å². The maximum Gasteiger partial charge on any atom is 0.227 e. The number of hydrogen-bond acceptors (Lipinski definition) is 5. The smallest absolute Gasteiger partial charge is 0.227 e. The lowest BCUT2D eigenvalue weighted by Crippen LogP contribution is -2.43. The lowest BCUT2D eigenvalue weighted by Gasteiger charge is -2.27. The van der Waals surface area contributed by atoms with E-state index in [1.165, 1.54) is 0 Å². The zero-order chi connectivity index (χ0) is 18.1. The number of amides is 2. The van der Waals surface area contributed by atoms with E-state index in [0.29, 0.717) is 31.3 Å². The van der Waals surface area contributed by atoms with E-state index >= 15 is 0 Å². The van der Waals surface area contributed by atoms with E-state index < -0.39 is 0 Å². The minimum Gasteiger partial charge on any atom is -0.486 e. The van der Waals surface area contributed by atoms with Gasteiger partial charge in [0.25, 0.3) is 0 Å². The molecular weight excluding hydrogens is 370 g/mol. The summed E-state index contributed by atoms with van der Waals surface area (Å²) in [6.07, 6.45) is 3.96. The average Bonchev–Trinajstić information content (AvgIpc) is 3.05. The van der Waals surface area contributed by atoms with Gasteiger partial charge in [0, 0.05) is 36.8 Å². The first kappa shape index (κ1) is 19.8. The van der Waals surface area contributed by atoms with Crippen LogP contribution in [-0.2, 0) is 9.59 Å². The van der Waals surface area contributed by atoms with Crippen molar-refractivity contribution >= 4 is 29.9 Å². The highest BCUT2D eigenvalue weighted by molar-refractivity contribution is 6.00. The third-order valence-corrected chi connectivity index (χ3v) is 5.45. The van der Waals surface area contributed by atoms with E-state index in [2.05, 4.69) is 5.32 Å². The van der Waals surface area contributed by atoms with Crippen molar-refractivity contribution in [1.29, 1.82) is 0 Å². The zero-order valence-corrected chi connectivity index (χ0v) is 16.0. The average molecular weight is 396 g/mol. The van der Waals surface area contributed by atoms with E-state index in [-0.39, 0.29) is 48.6 Å². The Morgan fingerprint density at radius 1 is 1.11 bits per heavy atom. The summed E-state index contributed by atoms with van der Waals surface area (Å²) in [5.74, 6) is 0.960. The molecule has 7 nitrogen and oxygen atoms in total. The van der Waals surface area contributed by atoms with Crippen molar-refractivity contribution in [3.05, 3.63) is 18.2 Å². The molecule has 0 bridgehead atoms. The van der Waals surface area contributed by atoms with Gasteiger partial charge in [-0.3, -0.25) is 9.59 Å². The van der Waals surface area contributed by atoms with Crippen LogP contribution in [0.4, 0.5) is 5.69 Å². The second-order valence-electron chi connectivity index (χ2n) is 7.35. The van der Waals surface area contributed by atoms with Gasteiger partial charge in [0.15, 0.2) is 11.5 Å². The highest BCUT2D eigenvalue weighted by Gasteiger charge is 2.36. The Hall–Kier alpha value is -1.99. The van der Waals surface area contributed by atoms with E-state index in [1.807, 2.05) is 18.2 Å². The summed E-state index contributed by atoms with van der Waals surface area (Å²) in [5, 5.41) is 3.11. The number of halogens is 1. The number of rotatable bonds is 3. The fraction of sp³-hybridized carbons (Fsp3) is 0.579. The molecule has 2 aliphatic heterocycles. The molecule has 3 aliphatic rings. The molecule has 1 aliphatic carbocycles. The van der Waals surface area contributed by atoms with Crippen molar-refractivity contribution in [2.45, 2.75) is 44.2 Å². The van der Waals surface area contributed by atoms with Crippen molar-refractivity contribution in [3.63, 3.8) is 0 Å². The molecule has 0 aromatic heterocycles. The molecule has 1 aromatic carbocycles. The first-order valence-corrected chi connectivity index (χ1v) is 9.36. The van der Waals surface area contributed by atoms with E-state index in [0.717, 1.165) is 31.4 Å².